The summed E-state index contributed by atoms with van der Waals surface area (Å²) in [5, 5.41) is 15.0. The molecule has 8 nitrogen and oxygen atoms in total. The zero-order chi connectivity index (χ0) is 26.4. The number of aromatic nitrogens is 3. The molecule has 0 radical (unpaired) electrons. The van der Waals surface area contributed by atoms with Crippen molar-refractivity contribution < 1.29 is 19.1 Å². The number of carbonyl (C=O) groups is 2. The number of halogens is 2. The molecule has 0 spiro atoms. The highest BCUT2D eigenvalue weighted by molar-refractivity contribution is 7.99. The van der Waals surface area contributed by atoms with Gasteiger partial charge in [0.05, 0.1) is 17.9 Å². The number of ether oxygens (including phenoxy) is 2. The van der Waals surface area contributed by atoms with Gasteiger partial charge in [-0.25, -0.2) is 4.79 Å². The molecule has 4 rings (SSSR count). The van der Waals surface area contributed by atoms with E-state index in [1.165, 1.54) is 30.2 Å². The smallest absolute Gasteiger partial charge is 0.341 e. The van der Waals surface area contributed by atoms with Crippen LogP contribution in [-0.2, 0) is 22.7 Å². The number of benzene rings is 2. The first-order valence-corrected chi connectivity index (χ1v) is 13.7. The number of hydrogen-bond donors (Lipinski definition) is 1. The largest absolute Gasteiger partial charge is 0.484 e. The van der Waals surface area contributed by atoms with E-state index < -0.39 is 5.97 Å². The number of thiophene rings is 1. The van der Waals surface area contributed by atoms with Gasteiger partial charge >= 0.3 is 5.97 Å². The number of nitrogens with zero attached hydrogens (tertiary/aromatic N) is 3. The van der Waals surface area contributed by atoms with Crippen molar-refractivity contribution in [2.24, 2.45) is 0 Å². The number of amides is 1. The molecule has 0 aliphatic rings. The van der Waals surface area contributed by atoms with Crippen LogP contribution in [0.5, 0.6) is 5.75 Å². The third-order valence-corrected chi connectivity index (χ3v) is 7.62. The molecule has 2 heterocycles. The van der Waals surface area contributed by atoms with Gasteiger partial charge in [0.25, 0.3) is 0 Å². The first-order chi connectivity index (χ1) is 17.9. The van der Waals surface area contributed by atoms with E-state index in [0.29, 0.717) is 49.4 Å². The number of rotatable bonds is 10. The van der Waals surface area contributed by atoms with Crippen LogP contribution >= 0.6 is 46.3 Å². The molecule has 0 unspecified atom stereocenters. The number of methoxy groups -OCH3 is 1. The minimum absolute atomic E-state index is 0.0678. The molecule has 1 amide bonds. The van der Waals surface area contributed by atoms with Crippen molar-refractivity contribution in [3.63, 3.8) is 0 Å². The molecule has 0 aliphatic heterocycles. The third-order valence-electron chi connectivity index (χ3n) is 5.21. The molecule has 2 aromatic heterocycles. The quantitative estimate of drug-likeness (QED) is 0.171. The van der Waals surface area contributed by atoms with Crippen molar-refractivity contribution in [3.8, 4) is 16.9 Å². The predicted molar refractivity (Wildman–Crippen MR) is 147 cm³/mol. The Hall–Kier alpha value is -3.05. The lowest BCUT2D eigenvalue weighted by Crippen LogP contribution is -2.16. The molecule has 192 valence electrons. The first-order valence-electron chi connectivity index (χ1n) is 11.1. The average Bonchev–Trinajstić information content (AvgIpc) is 3.51. The van der Waals surface area contributed by atoms with Gasteiger partial charge in [-0.2, -0.15) is 0 Å². The van der Waals surface area contributed by atoms with E-state index in [-0.39, 0.29) is 18.3 Å². The van der Waals surface area contributed by atoms with Crippen LogP contribution in [0.2, 0.25) is 10.0 Å². The van der Waals surface area contributed by atoms with E-state index in [1.54, 1.807) is 18.2 Å². The fourth-order valence-electron chi connectivity index (χ4n) is 3.46. The maximum atomic E-state index is 12.8. The minimum Gasteiger partial charge on any atom is -0.484 e. The van der Waals surface area contributed by atoms with E-state index in [4.69, 9.17) is 32.7 Å². The van der Waals surface area contributed by atoms with E-state index in [2.05, 4.69) is 15.5 Å². The van der Waals surface area contributed by atoms with Crippen LogP contribution in [0, 0.1) is 0 Å². The van der Waals surface area contributed by atoms with E-state index >= 15 is 0 Å². The minimum atomic E-state index is -0.516. The van der Waals surface area contributed by atoms with Gasteiger partial charge in [0.1, 0.15) is 22.9 Å². The number of carbonyl (C=O) groups excluding carboxylic acids is 2. The summed E-state index contributed by atoms with van der Waals surface area (Å²) in [6.07, 6.45) is 0. The molecule has 37 heavy (non-hydrogen) atoms. The monoisotopic (exact) mass is 576 g/mol. The van der Waals surface area contributed by atoms with Crippen molar-refractivity contribution >= 4 is 63.2 Å². The molecule has 4 aromatic rings. The Morgan fingerprint density at radius 2 is 1.92 bits per heavy atom. The van der Waals surface area contributed by atoms with Gasteiger partial charge in [0.15, 0.2) is 11.0 Å². The van der Waals surface area contributed by atoms with Gasteiger partial charge in [-0.05, 0) is 24.6 Å². The number of thioether (sulfide) groups is 1. The molecular formula is C25H22Cl2N4O4S2. The molecule has 0 saturated carbocycles. The van der Waals surface area contributed by atoms with Gasteiger partial charge in [-0.15, -0.1) is 21.5 Å². The number of esters is 1. The van der Waals surface area contributed by atoms with Gasteiger partial charge in [0.2, 0.25) is 5.91 Å². The highest BCUT2D eigenvalue weighted by Gasteiger charge is 2.23. The highest BCUT2D eigenvalue weighted by Crippen LogP contribution is 2.36. The lowest BCUT2D eigenvalue weighted by atomic mass is 10.0. The molecule has 2 aromatic carbocycles. The second-order valence-corrected chi connectivity index (χ2v) is 10.2. The van der Waals surface area contributed by atoms with Crippen molar-refractivity contribution in [2.75, 3.05) is 18.2 Å². The van der Waals surface area contributed by atoms with Crippen molar-refractivity contribution in [3.05, 3.63) is 75.3 Å². The summed E-state index contributed by atoms with van der Waals surface area (Å²) < 4.78 is 12.6. The third kappa shape index (κ3) is 6.45. The van der Waals surface area contributed by atoms with Crippen LogP contribution in [0.3, 0.4) is 0 Å². The van der Waals surface area contributed by atoms with E-state index in [1.807, 2.05) is 47.2 Å². The summed E-state index contributed by atoms with van der Waals surface area (Å²) in [6, 6.07) is 14.4. The van der Waals surface area contributed by atoms with Crippen molar-refractivity contribution in [2.45, 2.75) is 25.2 Å². The van der Waals surface area contributed by atoms with Crippen LogP contribution in [0.15, 0.2) is 59.1 Å². The van der Waals surface area contributed by atoms with E-state index in [0.717, 1.165) is 5.56 Å². The summed E-state index contributed by atoms with van der Waals surface area (Å²) in [5.41, 5.74) is 1.89. The summed E-state index contributed by atoms with van der Waals surface area (Å²) >= 11 is 14.7. The molecule has 1 N–H and O–H groups in total. The lowest BCUT2D eigenvalue weighted by molar-refractivity contribution is -0.113. The molecule has 0 atom stereocenters. The van der Waals surface area contributed by atoms with Gasteiger partial charge in [-0.1, -0.05) is 65.3 Å². The predicted octanol–water partition coefficient (Wildman–Crippen LogP) is 6.43. The first kappa shape index (κ1) is 27.0. The Morgan fingerprint density at radius 1 is 1.14 bits per heavy atom. The van der Waals surface area contributed by atoms with Gasteiger partial charge < -0.3 is 19.4 Å². The van der Waals surface area contributed by atoms with Gasteiger partial charge in [-0.3, -0.25) is 4.79 Å². The summed E-state index contributed by atoms with van der Waals surface area (Å²) in [6.45, 7) is 2.66. The lowest BCUT2D eigenvalue weighted by Gasteiger charge is -2.10. The Kier molecular flexibility index (Phi) is 9.09. The molecule has 0 saturated heterocycles. The Morgan fingerprint density at radius 3 is 2.65 bits per heavy atom. The van der Waals surface area contributed by atoms with Crippen LogP contribution in [0.25, 0.3) is 11.1 Å². The SMILES string of the molecule is CCn1c(COc2cc(Cl)ccc2Cl)nnc1SCC(=O)Nc1scc(-c2ccccc2)c1C(=O)OC. The number of hydrogen-bond acceptors (Lipinski definition) is 8. The standard InChI is InChI=1S/C25H22Cl2N4O4S2/c1-3-31-20(12-35-19-11-16(26)9-10-18(19)27)29-30-25(31)37-14-21(32)28-23-22(24(33)34-2)17(13-36-23)15-7-5-4-6-8-15/h4-11,13H,3,12,14H2,1-2H3,(H,28,32). The molecule has 0 bridgehead atoms. The average molecular weight is 578 g/mol. The number of nitrogens with one attached hydrogen (secondary N) is 1. The topological polar surface area (TPSA) is 95.3 Å². The van der Waals surface area contributed by atoms with Crippen LogP contribution in [0.4, 0.5) is 5.00 Å². The second-order valence-electron chi connectivity index (χ2n) is 7.55. The zero-order valence-electron chi connectivity index (χ0n) is 19.9. The fraction of sp³-hybridized carbons (Fsp3) is 0.200. The van der Waals surface area contributed by atoms with Crippen LogP contribution < -0.4 is 10.1 Å². The van der Waals surface area contributed by atoms with Crippen molar-refractivity contribution in [1.29, 1.82) is 0 Å². The number of anilines is 1. The zero-order valence-corrected chi connectivity index (χ0v) is 23.0. The molecule has 12 heteroatoms. The van der Waals surface area contributed by atoms with Gasteiger partial charge in [0, 0.05) is 28.6 Å². The fourth-order valence-corrected chi connectivity index (χ4v) is 5.59. The van der Waals surface area contributed by atoms with E-state index in [9.17, 15) is 9.59 Å². The summed E-state index contributed by atoms with van der Waals surface area (Å²) in [4.78, 5) is 25.3. The Labute approximate surface area is 231 Å². The highest BCUT2D eigenvalue weighted by atomic mass is 35.5. The molecule has 0 fully saturated rings. The molecule has 0 aliphatic carbocycles. The van der Waals surface area contributed by atoms with Crippen molar-refractivity contribution in [1.82, 2.24) is 14.8 Å². The summed E-state index contributed by atoms with van der Waals surface area (Å²) in [5.74, 6) is 0.294. The molecular weight excluding hydrogens is 555 g/mol. The Balaban J connectivity index is 1.42. The van der Waals surface area contributed by atoms with Crippen LogP contribution in [0.1, 0.15) is 23.1 Å². The summed E-state index contributed by atoms with van der Waals surface area (Å²) in [7, 11) is 1.31. The van der Waals surface area contributed by atoms with Crippen LogP contribution in [-0.4, -0.2) is 39.5 Å². The maximum absolute atomic E-state index is 12.8. The second kappa shape index (κ2) is 12.5. The maximum Gasteiger partial charge on any atom is 0.341 e. The Bertz CT molecular complexity index is 1410. The normalized spacial score (nSPS) is 10.8.